The zero-order valence-electron chi connectivity index (χ0n) is 7.53. The van der Waals surface area contributed by atoms with Crippen LogP contribution in [0, 0.1) is 0 Å². The van der Waals surface area contributed by atoms with Crippen molar-refractivity contribution in [2.24, 2.45) is 0 Å². The number of nitrogens with one attached hydrogen (secondary N) is 1. The maximum absolute atomic E-state index is 9.35. The molecule has 4 atom stereocenters. The first kappa shape index (κ1) is 9.92. The molecule has 3 N–H and O–H groups in total. The van der Waals surface area contributed by atoms with Crippen molar-refractivity contribution >= 4 is 0 Å². The molecular formula is C8H17NO3. The Kier molecular flexibility index (Phi) is 3.46. The highest BCUT2D eigenvalue weighted by Gasteiger charge is 2.27. The van der Waals surface area contributed by atoms with Gasteiger partial charge in [0.2, 0.25) is 0 Å². The lowest BCUT2D eigenvalue weighted by Gasteiger charge is -2.22. The van der Waals surface area contributed by atoms with Crippen molar-refractivity contribution in [2.45, 2.75) is 38.1 Å². The van der Waals surface area contributed by atoms with Crippen molar-refractivity contribution in [3.8, 4) is 0 Å². The molecule has 0 aromatic heterocycles. The van der Waals surface area contributed by atoms with Gasteiger partial charge in [-0.15, -0.1) is 0 Å². The average molecular weight is 175 g/mol. The average Bonchev–Trinajstić information content (AvgIpc) is 2.36. The van der Waals surface area contributed by atoms with Gasteiger partial charge in [0, 0.05) is 6.04 Å². The van der Waals surface area contributed by atoms with Gasteiger partial charge in [0.05, 0.1) is 31.5 Å². The number of hydrogen-bond donors (Lipinski definition) is 3. The standard InChI is InChI=1S/C8H17NO3/c1-5(6(2)10)9-7-3-12-4-8(7)11/h5-11H,3-4H2,1-2H3/t5?,6?,7-,8-/m1/s1. The molecule has 1 rings (SSSR count). The highest BCUT2D eigenvalue weighted by molar-refractivity contribution is 4.84. The second-order valence-corrected chi connectivity index (χ2v) is 3.41. The minimum atomic E-state index is -0.439. The van der Waals surface area contributed by atoms with Crippen LogP contribution in [0.5, 0.6) is 0 Å². The van der Waals surface area contributed by atoms with Gasteiger partial charge >= 0.3 is 0 Å². The van der Waals surface area contributed by atoms with E-state index >= 15 is 0 Å². The Morgan fingerprint density at radius 3 is 2.50 bits per heavy atom. The Labute approximate surface area is 72.5 Å². The Bertz CT molecular complexity index is 140. The molecule has 0 radical (unpaired) electrons. The minimum Gasteiger partial charge on any atom is -0.392 e. The molecule has 1 saturated heterocycles. The summed E-state index contributed by atoms with van der Waals surface area (Å²) in [5.41, 5.74) is 0. The summed E-state index contributed by atoms with van der Waals surface area (Å²) in [6.07, 6.45) is -0.844. The lowest BCUT2D eigenvalue weighted by molar-refractivity contribution is 0.109. The first-order valence-corrected chi connectivity index (χ1v) is 4.31. The van der Waals surface area contributed by atoms with Gasteiger partial charge in [-0.1, -0.05) is 0 Å². The Morgan fingerprint density at radius 2 is 2.08 bits per heavy atom. The van der Waals surface area contributed by atoms with E-state index in [9.17, 15) is 10.2 Å². The van der Waals surface area contributed by atoms with Crippen molar-refractivity contribution in [3.05, 3.63) is 0 Å². The fraction of sp³-hybridized carbons (Fsp3) is 1.00. The van der Waals surface area contributed by atoms with Gasteiger partial charge in [-0.25, -0.2) is 0 Å². The van der Waals surface area contributed by atoms with Gasteiger partial charge in [-0.3, -0.25) is 0 Å². The highest BCUT2D eigenvalue weighted by atomic mass is 16.5. The van der Waals surface area contributed by atoms with Crippen LogP contribution in [0.1, 0.15) is 13.8 Å². The van der Waals surface area contributed by atoms with Gasteiger partial charge in [-0.2, -0.15) is 0 Å². The quantitative estimate of drug-likeness (QED) is 0.520. The predicted octanol–water partition coefficient (Wildman–Crippen LogP) is -0.895. The number of rotatable bonds is 3. The minimum absolute atomic E-state index is 0.00801. The van der Waals surface area contributed by atoms with Gasteiger partial charge < -0.3 is 20.3 Å². The third-order valence-electron chi connectivity index (χ3n) is 2.25. The van der Waals surface area contributed by atoms with E-state index in [4.69, 9.17) is 4.74 Å². The molecule has 0 aromatic rings. The molecule has 1 aliphatic rings. The smallest absolute Gasteiger partial charge is 0.0948 e. The molecule has 0 spiro atoms. The van der Waals surface area contributed by atoms with Crippen LogP contribution in [0.15, 0.2) is 0 Å². The third kappa shape index (κ3) is 2.42. The molecule has 0 aromatic carbocycles. The van der Waals surface area contributed by atoms with E-state index in [0.29, 0.717) is 13.2 Å². The molecule has 12 heavy (non-hydrogen) atoms. The van der Waals surface area contributed by atoms with Gasteiger partial charge in [-0.05, 0) is 13.8 Å². The first-order valence-electron chi connectivity index (χ1n) is 4.31. The maximum Gasteiger partial charge on any atom is 0.0948 e. The summed E-state index contributed by atoms with van der Waals surface area (Å²) in [6, 6.07) is -0.0408. The molecule has 72 valence electrons. The van der Waals surface area contributed by atoms with Crippen LogP contribution >= 0.6 is 0 Å². The largest absolute Gasteiger partial charge is 0.392 e. The van der Waals surface area contributed by atoms with Crippen LogP contribution in [0.2, 0.25) is 0 Å². The molecule has 0 saturated carbocycles. The van der Waals surface area contributed by atoms with Crippen LogP contribution in [0.3, 0.4) is 0 Å². The van der Waals surface area contributed by atoms with Gasteiger partial charge in [0.15, 0.2) is 0 Å². The molecule has 0 aliphatic carbocycles. The maximum atomic E-state index is 9.35. The molecule has 1 heterocycles. The summed E-state index contributed by atoms with van der Waals surface area (Å²) in [5, 5.41) is 21.6. The van der Waals surface area contributed by atoms with E-state index in [1.54, 1.807) is 6.92 Å². The summed E-state index contributed by atoms with van der Waals surface area (Å²) >= 11 is 0. The van der Waals surface area contributed by atoms with Crippen LogP contribution in [0.4, 0.5) is 0 Å². The Balaban J connectivity index is 2.30. The summed E-state index contributed by atoms with van der Waals surface area (Å²) in [5.74, 6) is 0. The second-order valence-electron chi connectivity index (χ2n) is 3.41. The Morgan fingerprint density at radius 1 is 1.42 bits per heavy atom. The second kappa shape index (κ2) is 4.18. The van der Waals surface area contributed by atoms with Crippen molar-refractivity contribution < 1.29 is 14.9 Å². The molecule has 1 fully saturated rings. The number of aliphatic hydroxyl groups excluding tert-OH is 2. The SMILES string of the molecule is CC(O)C(C)N[C@@H]1COC[C@H]1O. The number of aliphatic hydroxyl groups is 2. The molecule has 2 unspecified atom stereocenters. The summed E-state index contributed by atoms with van der Waals surface area (Å²) in [4.78, 5) is 0. The lowest BCUT2D eigenvalue weighted by atomic mass is 10.1. The van der Waals surface area contributed by atoms with Crippen molar-refractivity contribution in [1.82, 2.24) is 5.32 Å². The fourth-order valence-electron chi connectivity index (χ4n) is 1.18. The number of ether oxygens (including phenoxy) is 1. The molecule has 1 aliphatic heterocycles. The van der Waals surface area contributed by atoms with E-state index in [-0.39, 0.29) is 12.1 Å². The molecule has 4 nitrogen and oxygen atoms in total. The zero-order valence-corrected chi connectivity index (χ0v) is 7.53. The monoisotopic (exact) mass is 175 g/mol. The van der Waals surface area contributed by atoms with E-state index in [1.807, 2.05) is 6.92 Å². The third-order valence-corrected chi connectivity index (χ3v) is 2.25. The zero-order chi connectivity index (χ0) is 9.14. The van der Waals surface area contributed by atoms with E-state index < -0.39 is 12.2 Å². The van der Waals surface area contributed by atoms with E-state index in [1.165, 1.54) is 0 Å². The van der Waals surface area contributed by atoms with Crippen molar-refractivity contribution in [1.29, 1.82) is 0 Å². The van der Waals surface area contributed by atoms with E-state index in [2.05, 4.69) is 5.32 Å². The molecule has 0 bridgehead atoms. The van der Waals surface area contributed by atoms with Gasteiger partial charge in [0.1, 0.15) is 0 Å². The molecule has 0 amide bonds. The normalized spacial score (nSPS) is 35.0. The summed E-state index contributed by atoms with van der Waals surface area (Å²) in [6.45, 7) is 4.53. The van der Waals surface area contributed by atoms with Crippen LogP contribution in [0.25, 0.3) is 0 Å². The topological polar surface area (TPSA) is 61.7 Å². The lowest BCUT2D eigenvalue weighted by Crippen LogP contribution is -2.47. The summed E-state index contributed by atoms with van der Waals surface area (Å²) in [7, 11) is 0. The number of hydrogen-bond acceptors (Lipinski definition) is 4. The highest BCUT2D eigenvalue weighted by Crippen LogP contribution is 2.06. The van der Waals surface area contributed by atoms with Crippen LogP contribution < -0.4 is 5.32 Å². The fourth-order valence-corrected chi connectivity index (χ4v) is 1.18. The Hall–Kier alpha value is -0.160. The first-order chi connectivity index (χ1) is 5.61. The van der Waals surface area contributed by atoms with Gasteiger partial charge in [0.25, 0.3) is 0 Å². The van der Waals surface area contributed by atoms with Crippen LogP contribution in [-0.4, -0.2) is 47.7 Å². The molecular weight excluding hydrogens is 158 g/mol. The van der Waals surface area contributed by atoms with Crippen molar-refractivity contribution in [2.75, 3.05) is 13.2 Å². The predicted molar refractivity (Wildman–Crippen MR) is 44.9 cm³/mol. The van der Waals surface area contributed by atoms with Crippen molar-refractivity contribution in [3.63, 3.8) is 0 Å². The van der Waals surface area contributed by atoms with Crippen LogP contribution in [-0.2, 0) is 4.74 Å². The summed E-state index contributed by atoms with van der Waals surface area (Å²) < 4.78 is 5.06. The molecule has 4 heteroatoms. The van der Waals surface area contributed by atoms with E-state index in [0.717, 1.165) is 0 Å².